The maximum atomic E-state index is 13.1. The Morgan fingerprint density at radius 2 is 1.39 bits per heavy atom. The van der Waals surface area contributed by atoms with Gasteiger partial charge in [-0.3, -0.25) is 9.59 Å². The summed E-state index contributed by atoms with van der Waals surface area (Å²) < 4.78 is 78.5. The molecular weight excluding hydrogens is 525 g/mol. The third kappa shape index (κ3) is 7.39. The van der Waals surface area contributed by atoms with E-state index in [1.165, 1.54) is 0 Å². The van der Waals surface area contributed by atoms with Gasteiger partial charge in [-0.2, -0.15) is 21.6 Å². The summed E-state index contributed by atoms with van der Waals surface area (Å²) in [6, 6.07) is 1.79. The van der Waals surface area contributed by atoms with Crippen molar-refractivity contribution in [2.24, 2.45) is 16.7 Å². The molecule has 0 spiro atoms. The molecular formula is C27H35F3O7S. The molecule has 0 aromatic heterocycles. The number of carbonyl (C=O) groups excluding carboxylic acids is 2. The van der Waals surface area contributed by atoms with E-state index in [-0.39, 0.29) is 23.0 Å². The number of carbonyl (C=O) groups is 2. The first-order valence-corrected chi connectivity index (χ1v) is 13.4. The molecule has 1 aliphatic carbocycles. The first-order valence-electron chi connectivity index (χ1n) is 12.0. The molecule has 2 atom stereocenters. The Morgan fingerprint density at radius 1 is 0.947 bits per heavy atom. The zero-order valence-electron chi connectivity index (χ0n) is 22.9. The Hall–Kier alpha value is -2.82. The van der Waals surface area contributed by atoms with Crippen LogP contribution in [0.5, 0.6) is 17.2 Å². The van der Waals surface area contributed by atoms with Crippen molar-refractivity contribution in [3.8, 4) is 17.2 Å². The van der Waals surface area contributed by atoms with E-state index in [9.17, 15) is 31.2 Å². The lowest BCUT2D eigenvalue weighted by Crippen LogP contribution is -2.30. The van der Waals surface area contributed by atoms with Crippen molar-refractivity contribution < 1.29 is 44.8 Å². The van der Waals surface area contributed by atoms with Crippen LogP contribution >= 0.6 is 0 Å². The Bertz CT molecular complexity index is 1200. The highest BCUT2D eigenvalue weighted by atomic mass is 32.2. The van der Waals surface area contributed by atoms with Crippen LogP contribution in [0.3, 0.4) is 0 Å². The number of benzene rings is 1. The van der Waals surface area contributed by atoms with Crippen molar-refractivity contribution >= 4 is 22.1 Å². The van der Waals surface area contributed by atoms with Crippen molar-refractivity contribution in [3.05, 3.63) is 41.5 Å². The van der Waals surface area contributed by atoms with Gasteiger partial charge < -0.3 is 13.7 Å². The van der Waals surface area contributed by atoms with E-state index in [0.29, 0.717) is 6.42 Å². The molecule has 7 nitrogen and oxygen atoms in total. The van der Waals surface area contributed by atoms with Gasteiger partial charge in [0.15, 0.2) is 0 Å². The van der Waals surface area contributed by atoms with E-state index in [1.54, 1.807) is 41.5 Å². The second-order valence-corrected chi connectivity index (χ2v) is 13.2. The summed E-state index contributed by atoms with van der Waals surface area (Å²) in [6.45, 7) is 17.2. The standard InChI is InChI=1S/C27H35F3O7S/c1-15(2)18-11-10-16(3)12-19(18)22-20(35-23(31)25(4,5)6)13-17(37-38(33,34)27(28,29)30)14-21(22)36-24(32)26(7,8)9/h12-14,18-19H,1,10-11H2,2-9H3/t18-,19+/m0/s1. The van der Waals surface area contributed by atoms with Crippen LogP contribution in [0.1, 0.15) is 79.7 Å². The van der Waals surface area contributed by atoms with Crippen molar-refractivity contribution in [3.63, 3.8) is 0 Å². The molecule has 0 radical (unpaired) electrons. The van der Waals surface area contributed by atoms with Crippen LogP contribution in [0, 0.1) is 16.7 Å². The van der Waals surface area contributed by atoms with Crippen molar-refractivity contribution in [1.29, 1.82) is 0 Å². The quantitative estimate of drug-likeness (QED) is 0.124. The average molecular weight is 561 g/mol. The molecule has 0 saturated heterocycles. The summed E-state index contributed by atoms with van der Waals surface area (Å²) in [4.78, 5) is 25.8. The molecule has 0 N–H and O–H groups in total. The number of hydrogen-bond donors (Lipinski definition) is 0. The van der Waals surface area contributed by atoms with Gasteiger partial charge in [0.2, 0.25) is 0 Å². The molecule has 1 aliphatic rings. The summed E-state index contributed by atoms with van der Waals surface area (Å²) in [5.74, 6) is -3.61. The van der Waals surface area contributed by atoms with Crippen LogP contribution in [0.2, 0.25) is 0 Å². The molecule has 0 unspecified atom stereocenters. The molecule has 0 amide bonds. The van der Waals surface area contributed by atoms with E-state index in [4.69, 9.17) is 9.47 Å². The summed E-state index contributed by atoms with van der Waals surface area (Å²) in [7, 11) is -6.08. The SMILES string of the molecule is C=C(C)[C@@H]1CCC(C)=C[C@H]1c1c(OC(=O)C(C)(C)C)cc(OS(=O)(=O)C(F)(F)F)cc1OC(=O)C(C)(C)C. The summed E-state index contributed by atoms with van der Waals surface area (Å²) in [5.41, 5.74) is -5.79. The first kappa shape index (κ1) is 31.4. The van der Waals surface area contributed by atoms with Gasteiger partial charge >= 0.3 is 27.6 Å². The second kappa shape index (κ2) is 10.7. The third-order valence-corrected chi connectivity index (χ3v) is 6.89. The molecule has 0 heterocycles. The molecule has 2 rings (SSSR count). The number of hydrogen-bond acceptors (Lipinski definition) is 7. The highest BCUT2D eigenvalue weighted by molar-refractivity contribution is 7.88. The summed E-state index contributed by atoms with van der Waals surface area (Å²) >= 11 is 0. The number of rotatable bonds is 6. The molecule has 1 aromatic rings. The van der Waals surface area contributed by atoms with Crippen LogP contribution < -0.4 is 13.7 Å². The average Bonchev–Trinajstić information content (AvgIpc) is 2.70. The van der Waals surface area contributed by atoms with Gasteiger partial charge in [0.1, 0.15) is 17.2 Å². The molecule has 38 heavy (non-hydrogen) atoms. The van der Waals surface area contributed by atoms with Gasteiger partial charge in [0, 0.05) is 23.6 Å². The topological polar surface area (TPSA) is 96.0 Å². The smallest absolute Gasteiger partial charge is 0.426 e. The maximum Gasteiger partial charge on any atom is 0.534 e. The van der Waals surface area contributed by atoms with E-state index in [0.717, 1.165) is 29.7 Å². The monoisotopic (exact) mass is 560 g/mol. The molecule has 212 valence electrons. The molecule has 0 saturated carbocycles. The van der Waals surface area contributed by atoms with E-state index < -0.39 is 50.1 Å². The molecule has 11 heteroatoms. The van der Waals surface area contributed by atoms with Crippen molar-refractivity contribution in [2.45, 2.75) is 79.7 Å². The zero-order chi connectivity index (χ0) is 29.4. The molecule has 0 fully saturated rings. The minimum absolute atomic E-state index is 0.191. The fourth-order valence-corrected chi connectivity index (χ4v) is 4.15. The fourth-order valence-electron chi connectivity index (χ4n) is 3.71. The minimum atomic E-state index is -6.08. The number of alkyl halides is 3. The maximum absolute atomic E-state index is 13.1. The number of ether oxygens (including phenoxy) is 2. The third-order valence-electron chi connectivity index (χ3n) is 5.91. The number of esters is 2. The molecule has 1 aromatic carbocycles. The Labute approximate surface area is 222 Å². The van der Waals surface area contributed by atoms with Crippen LogP contribution in [-0.4, -0.2) is 25.9 Å². The first-order chi connectivity index (χ1) is 17.0. The van der Waals surface area contributed by atoms with Gasteiger partial charge in [0.05, 0.1) is 10.8 Å². The number of halogens is 3. The van der Waals surface area contributed by atoms with E-state index in [2.05, 4.69) is 10.8 Å². The lowest BCUT2D eigenvalue weighted by atomic mass is 9.74. The summed E-state index contributed by atoms with van der Waals surface area (Å²) in [5, 5.41) is 0. The van der Waals surface area contributed by atoms with Crippen LogP contribution in [0.25, 0.3) is 0 Å². The van der Waals surface area contributed by atoms with Crippen LogP contribution in [0.4, 0.5) is 13.2 Å². The largest absolute Gasteiger partial charge is 0.534 e. The highest BCUT2D eigenvalue weighted by Crippen LogP contribution is 2.49. The Kier molecular flexibility index (Phi) is 8.88. The molecule has 0 bridgehead atoms. The zero-order valence-corrected chi connectivity index (χ0v) is 23.7. The Morgan fingerprint density at radius 3 is 1.76 bits per heavy atom. The van der Waals surface area contributed by atoms with Gasteiger partial charge in [-0.1, -0.05) is 23.8 Å². The van der Waals surface area contributed by atoms with E-state index >= 15 is 0 Å². The normalized spacial score (nSPS) is 18.9. The van der Waals surface area contributed by atoms with Crippen LogP contribution in [0.15, 0.2) is 35.9 Å². The van der Waals surface area contributed by atoms with Gasteiger partial charge in [-0.05, 0) is 74.1 Å². The van der Waals surface area contributed by atoms with E-state index in [1.807, 2.05) is 19.9 Å². The van der Waals surface area contributed by atoms with Gasteiger partial charge in [0.25, 0.3) is 0 Å². The Balaban J connectivity index is 2.92. The summed E-state index contributed by atoms with van der Waals surface area (Å²) in [6.07, 6.45) is 3.32. The fraction of sp³-hybridized carbons (Fsp3) is 0.556. The molecule has 0 aliphatic heterocycles. The number of allylic oxidation sites excluding steroid dienone is 3. The second-order valence-electron chi connectivity index (χ2n) is 11.6. The lowest BCUT2D eigenvalue weighted by Gasteiger charge is -2.33. The van der Waals surface area contributed by atoms with Crippen molar-refractivity contribution in [1.82, 2.24) is 0 Å². The van der Waals surface area contributed by atoms with Gasteiger partial charge in [-0.15, -0.1) is 0 Å². The van der Waals surface area contributed by atoms with Crippen LogP contribution in [-0.2, 0) is 19.7 Å². The minimum Gasteiger partial charge on any atom is -0.426 e. The predicted molar refractivity (Wildman–Crippen MR) is 136 cm³/mol. The van der Waals surface area contributed by atoms with Crippen molar-refractivity contribution in [2.75, 3.05) is 0 Å². The predicted octanol–water partition coefficient (Wildman–Crippen LogP) is 6.83. The lowest BCUT2D eigenvalue weighted by molar-refractivity contribution is -0.143. The highest BCUT2D eigenvalue weighted by Gasteiger charge is 2.49. The van der Waals surface area contributed by atoms with Gasteiger partial charge in [-0.25, -0.2) is 0 Å².